The van der Waals surface area contributed by atoms with Gasteiger partial charge in [0.25, 0.3) is 0 Å². The van der Waals surface area contributed by atoms with Crippen molar-refractivity contribution in [2.45, 2.75) is 18.1 Å². The molecule has 1 fully saturated rings. The third kappa shape index (κ3) is 2.60. The number of nitrogens with zero attached hydrogens (tertiary/aromatic N) is 2. The molecule has 1 aromatic heterocycles. The number of nitrogens with two attached hydrogens (primary N) is 1. The summed E-state index contributed by atoms with van der Waals surface area (Å²) in [5, 5.41) is 9.08. The minimum Gasteiger partial charge on any atom is -0.397 e. The summed E-state index contributed by atoms with van der Waals surface area (Å²) in [5.74, 6) is 0.738. The first-order valence-corrected chi connectivity index (χ1v) is 7.78. The Morgan fingerprint density at radius 3 is 2.85 bits per heavy atom. The van der Waals surface area contributed by atoms with E-state index in [1.54, 1.807) is 6.07 Å². The van der Waals surface area contributed by atoms with E-state index in [2.05, 4.69) is 10.2 Å². The molecule has 0 aliphatic carbocycles. The maximum Gasteiger partial charge on any atom is 0.132 e. The molecule has 2 aromatic rings. The highest BCUT2D eigenvalue weighted by Crippen LogP contribution is 2.41. The van der Waals surface area contributed by atoms with Gasteiger partial charge in [0, 0.05) is 10.6 Å². The highest BCUT2D eigenvalue weighted by molar-refractivity contribution is 7.99. The lowest BCUT2D eigenvalue weighted by atomic mass is 10.1. The zero-order chi connectivity index (χ0) is 14.1. The number of aromatic nitrogens is 2. The highest BCUT2D eigenvalue weighted by atomic mass is 35.5. The van der Waals surface area contributed by atoms with E-state index in [0.717, 1.165) is 17.9 Å². The van der Waals surface area contributed by atoms with Gasteiger partial charge in [-0.3, -0.25) is 0 Å². The summed E-state index contributed by atoms with van der Waals surface area (Å²) < 4.78 is 13.8. The lowest BCUT2D eigenvalue weighted by Gasteiger charge is -2.11. The van der Waals surface area contributed by atoms with Gasteiger partial charge in [-0.1, -0.05) is 11.6 Å². The van der Waals surface area contributed by atoms with Crippen LogP contribution in [-0.4, -0.2) is 16.0 Å². The Morgan fingerprint density at radius 1 is 1.30 bits per heavy atom. The standard InChI is InChI=1S/C14H13ClFN3S/c15-8-3-4-10(16)9(6-8)12-7-11(17)14(19-18-12)13-2-1-5-20-13/h3-4,6-7,13H,1-2,5H2,(H2,17,18). The molecule has 0 amide bonds. The number of hydrogen-bond donors (Lipinski definition) is 1. The van der Waals surface area contributed by atoms with Crippen LogP contribution in [0.4, 0.5) is 10.1 Å². The molecule has 1 unspecified atom stereocenters. The van der Waals surface area contributed by atoms with E-state index in [9.17, 15) is 4.39 Å². The van der Waals surface area contributed by atoms with Gasteiger partial charge in [-0.2, -0.15) is 16.9 Å². The number of halogens is 2. The van der Waals surface area contributed by atoms with Crippen LogP contribution < -0.4 is 5.73 Å². The molecule has 1 aliphatic heterocycles. The smallest absolute Gasteiger partial charge is 0.132 e. The molecule has 3 nitrogen and oxygen atoms in total. The van der Waals surface area contributed by atoms with E-state index in [-0.39, 0.29) is 5.82 Å². The number of hydrogen-bond acceptors (Lipinski definition) is 4. The maximum absolute atomic E-state index is 13.8. The third-order valence-corrected chi connectivity index (χ3v) is 4.91. The Bertz CT molecular complexity index is 644. The molecule has 6 heteroatoms. The first kappa shape index (κ1) is 13.6. The first-order chi connectivity index (χ1) is 9.65. The van der Waals surface area contributed by atoms with Crippen LogP contribution in [0, 0.1) is 5.82 Å². The second-order valence-electron chi connectivity index (χ2n) is 4.70. The van der Waals surface area contributed by atoms with Gasteiger partial charge in [0.05, 0.1) is 22.3 Å². The zero-order valence-corrected chi connectivity index (χ0v) is 12.2. The summed E-state index contributed by atoms with van der Waals surface area (Å²) in [7, 11) is 0. The zero-order valence-electron chi connectivity index (χ0n) is 10.6. The van der Waals surface area contributed by atoms with Crippen molar-refractivity contribution in [2.24, 2.45) is 0 Å². The second kappa shape index (κ2) is 5.58. The van der Waals surface area contributed by atoms with Gasteiger partial charge in [0.2, 0.25) is 0 Å². The fraction of sp³-hybridized carbons (Fsp3) is 0.286. The number of thioether (sulfide) groups is 1. The molecule has 104 valence electrons. The van der Waals surface area contributed by atoms with Gasteiger partial charge < -0.3 is 5.73 Å². The summed E-state index contributed by atoms with van der Waals surface area (Å²) in [6.45, 7) is 0. The molecule has 3 rings (SSSR count). The normalized spacial score (nSPS) is 18.4. The molecule has 1 atom stereocenters. The van der Waals surface area contributed by atoms with Gasteiger partial charge in [0.1, 0.15) is 5.82 Å². The molecule has 0 bridgehead atoms. The molecular weight excluding hydrogens is 297 g/mol. The van der Waals surface area contributed by atoms with Crippen LogP contribution in [0.5, 0.6) is 0 Å². The molecule has 0 radical (unpaired) electrons. The summed E-state index contributed by atoms with van der Waals surface area (Å²) >= 11 is 7.73. The van der Waals surface area contributed by atoms with Gasteiger partial charge in [-0.05, 0) is 42.9 Å². The molecule has 0 saturated carbocycles. The van der Waals surface area contributed by atoms with E-state index in [1.807, 2.05) is 11.8 Å². The van der Waals surface area contributed by atoms with Crippen molar-refractivity contribution < 1.29 is 4.39 Å². The minimum atomic E-state index is -0.383. The predicted molar refractivity (Wildman–Crippen MR) is 81.3 cm³/mol. The van der Waals surface area contributed by atoms with E-state index in [1.165, 1.54) is 24.6 Å². The average molecular weight is 310 g/mol. The van der Waals surface area contributed by atoms with Gasteiger partial charge in [-0.25, -0.2) is 4.39 Å². The van der Waals surface area contributed by atoms with Crippen molar-refractivity contribution >= 4 is 29.1 Å². The Hall–Kier alpha value is -1.33. The molecule has 1 aliphatic rings. The summed E-state index contributed by atoms with van der Waals surface area (Å²) in [5.41, 5.74) is 8.16. The highest BCUT2D eigenvalue weighted by Gasteiger charge is 2.22. The number of nitrogen functional groups attached to an aromatic ring is 1. The van der Waals surface area contributed by atoms with Gasteiger partial charge >= 0.3 is 0 Å². The topological polar surface area (TPSA) is 51.8 Å². The van der Waals surface area contributed by atoms with Crippen LogP contribution in [0.2, 0.25) is 5.02 Å². The molecule has 0 spiro atoms. The Morgan fingerprint density at radius 2 is 2.15 bits per heavy atom. The largest absolute Gasteiger partial charge is 0.397 e. The first-order valence-electron chi connectivity index (χ1n) is 6.35. The van der Waals surface area contributed by atoms with Crippen molar-refractivity contribution in [1.29, 1.82) is 0 Å². The lowest BCUT2D eigenvalue weighted by Crippen LogP contribution is -2.04. The number of anilines is 1. The van der Waals surface area contributed by atoms with E-state index >= 15 is 0 Å². The van der Waals surface area contributed by atoms with Crippen LogP contribution in [-0.2, 0) is 0 Å². The number of rotatable bonds is 2. The van der Waals surface area contributed by atoms with E-state index < -0.39 is 0 Å². The molecule has 20 heavy (non-hydrogen) atoms. The van der Waals surface area contributed by atoms with Crippen molar-refractivity contribution in [2.75, 3.05) is 11.5 Å². The van der Waals surface area contributed by atoms with E-state index in [4.69, 9.17) is 17.3 Å². The van der Waals surface area contributed by atoms with Crippen LogP contribution >= 0.6 is 23.4 Å². The fourth-order valence-corrected chi connectivity index (χ4v) is 3.75. The number of benzene rings is 1. The Labute approximate surface area is 125 Å². The molecule has 1 aromatic carbocycles. The molecular formula is C14H13ClFN3S. The van der Waals surface area contributed by atoms with Crippen LogP contribution in [0.3, 0.4) is 0 Å². The SMILES string of the molecule is Nc1cc(-c2cc(Cl)ccc2F)nnc1C1CCCS1. The monoisotopic (exact) mass is 309 g/mol. The third-order valence-electron chi connectivity index (χ3n) is 3.29. The van der Waals surface area contributed by atoms with Crippen molar-refractivity contribution in [3.8, 4) is 11.3 Å². The average Bonchev–Trinajstić information content (AvgIpc) is 2.95. The van der Waals surface area contributed by atoms with Crippen LogP contribution in [0.25, 0.3) is 11.3 Å². The minimum absolute atomic E-state index is 0.306. The predicted octanol–water partition coefficient (Wildman–Crippen LogP) is 4.09. The summed E-state index contributed by atoms with van der Waals surface area (Å²) in [6.07, 6.45) is 2.23. The van der Waals surface area contributed by atoms with Crippen molar-refractivity contribution in [1.82, 2.24) is 10.2 Å². The molecule has 1 saturated heterocycles. The van der Waals surface area contributed by atoms with Crippen LogP contribution in [0.15, 0.2) is 24.3 Å². The lowest BCUT2D eigenvalue weighted by molar-refractivity contribution is 0.630. The van der Waals surface area contributed by atoms with Crippen molar-refractivity contribution in [3.63, 3.8) is 0 Å². The summed E-state index contributed by atoms with van der Waals surface area (Å²) in [6, 6.07) is 6.03. The summed E-state index contributed by atoms with van der Waals surface area (Å²) in [4.78, 5) is 0. The van der Waals surface area contributed by atoms with Gasteiger partial charge in [-0.15, -0.1) is 5.10 Å². The Kier molecular flexibility index (Phi) is 3.81. The van der Waals surface area contributed by atoms with Crippen molar-refractivity contribution in [3.05, 3.63) is 40.8 Å². The molecule has 2 heterocycles. The second-order valence-corrected chi connectivity index (χ2v) is 6.44. The Balaban J connectivity index is 1.99. The van der Waals surface area contributed by atoms with Crippen LogP contribution in [0.1, 0.15) is 23.8 Å². The molecule has 2 N–H and O–H groups in total. The van der Waals surface area contributed by atoms with E-state index in [0.29, 0.717) is 27.2 Å². The van der Waals surface area contributed by atoms with Gasteiger partial charge in [0.15, 0.2) is 0 Å². The maximum atomic E-state index is 13.8. The fourth-order valence-electron chi connectivity index (χ4n) is 2.28. The quantitative estimate of drug-likeness (QED) is 0.908.